The number of hydrogen-bond acceptors (Lipinski definition) is 5. The van der Waals surface area contributed by atoms with Crippen LogP contribution in [0.2, 0.25) is 0 Å². The van der Waals surface area contributed by atoms with Crippen molar-refractivity contribution in [2.45, 2.75) is 18.9 Å². The van der Waals surface area contributed by atoms with Crippen LogP contribution in [0.25, 0.3) is 10.9 Å². The molecule has 0 radical (unpaired) electrons. The van der Waals surface area contributed by atoms with Gasteiger partial charge < -0.3 is 5.32 Å². The molecule has 3 rings (SSSR count). The molecule has 19 heavy (non-hydrogen) atoms. The second-order valence-corrected chi connectivity index (χ2v) is 5.33. The Morgan fingerprint density at radius 3 is 3.00 bits per heavy atom. The van der Waals surface area contributed by atoms with Crippen molar-refractivity contribution in [2.24, 2.45) is 0 Å². The van der Waals surface area contributed by atoms with Gasteiger partial charge in [-0.2, -0.15) is 4.37 Å². The maximum atomic E-state index is 12.0. The lowest BCUT2D eigenvalue weighted by Crippen LogP contribution is -2.48. The normalized spacial score (nSPS) is 20.1. The number of amides is 2. The van der Waals surface area contributed by atoms with Crippen LogP contribution in [0.4, 0.5) is 5.00 Å². The van der Waals surface area contributed by atoms with Gasteiger partial charge in [-0.1, -0.05) is 12.1 Å². The van der Waals surface area contributed by atoms with Gasteiger partial charge in [0.15, 0.2) is 0 Å². The third-order valence-corrected chi connectivity index (χ3v) is 4.15. The van der Waals surface area contributed by atoms with E-state index in [9.17, 15) is 9.59 Å². The number of hydrogen-bond donors (Lipinski definition) is 1. The lowest BCUT2D eigenvalue weighted by atomic mass is 10.0. The summed E-state index contributed by atoms with van der Waals surface area (Å²) in [6.45, 7) is 0. The Hall–Kier alpha value is -1.95. The number of imide groups is 1. The van der Waals surface area contributed by atoms with Gasteiger partial charge in [0.25, 0.3) is 5.91 Å². The Morgan fingerprint density at radius 2 is 2.16 bits per heavy atom. The van der Waals surface area contributed by atoms with Crippen LogP contribution >= 0.6 is 11.5 Å². The average molecular weight is 275 g/mol. The van der Waals surface area contributed by atoms with Gasteiger partial charge in [-0.05, 0) is 30.1 Å². The van der Waals surface area contributed by atoms with Crippen LogP contribution in [-0.2, 0) is 9.59 Å². The van der Waals surface area contributed by atoms with Gasteiger partial charge in [0.1, 0.15) is 11.0 Å². The smallest absolute Gasteiger partial charge is 0.251 e. The Labute approximate surface area is 114 Å². The Kier molecular flexibility index (Phi) is 2.94. The fraction of sp³-hybridized carbons (Fsp3) is 0.308. The average Bonchev–Trinajstić information content (AvgIpc) is 2.83. The second-order valence-electron chi connectivity index (χ2n) is 4.56. The molecule has 5 nitrogen and oxygen atoms in total. The molecule has 1 aromatic heterocycles. The Bertz CT molecular complexity index is 652. The highest BCUT2D eigenvalue weighted by molar-refractivity contribution is 7.11. The van der Waals surface area contributed by atoms with Crippen molar-refractivity contribution >= 4 is 39.3 Å². The lowest BCUT2D eigenvalue weighted by molar-refractivity contribution is -0.146. The Morgan fingerprint density at radius 1 is 1.37 bits per heavy atom. The van der Waals surface area contributed by atoms with E-state index in [1.54, 1.807) is 0 Å². The quantitative estimate of drug-likeness (QED) is 0.850. The number of likely N-dealkylation sites (N-methyl/N-ethyl adjacent to an activating group) is 1. The molecule has 1 unspecified atom stereocenters. The maximum absolute atomic E-state index is 12.0. The molecule has 1 saturated heterocycles. The molecule has 1 aromatic carbocycles. The molecule has 1 N–H and O–H groups in total. The minimum absolute atomic E-state index is 0.114. The molecule has 2 aromatic rings. The van der Waals surface area contributed by atoms with E-state index in [4.69, 9.17) is 0 Å². The molecule has 0 spiro atoms. The number of carbonyl (C=O) groups excluding carboxylic acids is 2. The molecule has 1 fully saturated rings. The number of nitrogens with one attached hydrogen (secondary N) is 1. The maximum Gasteiger partial charge on any atom is 0.251 e. The van der Waals surface area contributed by atoms with Crippen molar-refractivity contribution in [3.05, 3.63) is 24.3 Å². The Balaban J connectivity index is 1.85. The van der Waals surface area contributed by atoms with E-state index >= 15 is 0 Å². The van der Waals surface area contributed by atoms with E-state index in [1.807, 2.05) is 24.3 Å². The van der Waals surface area contributed by atoms with Crippen molar-refractivity contribution in [3.63, 3.8) is 0 Å². The highest BCUT2D eigenvalue weighted by Crippen LogP contribution is 2.29. The largest absolute Gasteiger partial charge is 0.364 e. The van der Waals surface area contributed by atoms with Crippen LogP contribution in [0, 0.1) is 0 Å². The fourth-order valence-electron chi connectivity index (χ4n) is 2.20. The molecular formula is C13H13N3O2S. The summed E-state index contributed by atoms with van der Waals surface area (Å²) < 4.78 is 4.33. The molecule has 0 bridgehead atoms. The molecule has 1 aliphatic heterocycles. The van der Waals surface area contributed by atoms with Crippen LogP contribution < -0.4 is 5.32 Å². The number of benzene rings is 1. The molecule has 1 atom stereocenters. The molecule has 1 aliphatic rings. The van der Waals surface area contributed by atoms with E-state index in [0.717, 1.165) is 15.9 Å². The summed E-state index contributed by atoms with van der Waals surface area (Å²) in [6, 6.07) is 7.45. The van der Waals surface area contributed by atoms with Crippen LogP contribution in [-0.4, -0.2) is 34.2 Å². The summed E-state index contributed by atoms with van der Waals surface area (Å²) in [5, 5.41) is 5.12. The highest BCUT2D eigenvalue weighted by Gasteiger charge is 2.32. The zero-order valence-electron chi connectivity index (χ0n) is 10.4. The number of likely N-dealkylation sites (tertiary alicyclic amines) is 1. The SMILES string of the molecule is CN1C(=O)CCC(Nc2snc3ccccc23)C1=O. The highest BCUT2D eigenvalue weighted by atomic mass is 32.1. The van der Waals surface area contributed by atoms with Crippen molar-refractivity contribution in [1.29, 1.82) is 0 Å². The lowest BCUT2D eigenvalue weighted by Gasteiger charge is -2.28. The molecular weight excluding hydrogens is 262 g/mol. The number of aromatic nitrogens is 1. The first-order valence-electron chi connectivity index (χ1n) is 6.08. The molecule has 6 heteroatoms. The van der Waals surface area contributed by atoms with Crippen LogP contribution in [0.1, 0.15) is 12.8 Å². The minimum Gasteiger partial charge on any atom is -0.364 e. The van der Waals surface area contributed by atoms with Gasteiger partial charge in [-0.3, -0.25) is 14.5 Å². The molecule has 98 valence electrons. The van der Waals surface area contributed by atoms with Gasteiger partial charge in [0.2, 0.25) is 5.91 Å². The van der Waals surface area contributed by atoms with E-state index in [1.165, 1.54) is 23.5 Å². The number of fused-ring (bicyclic) bond motifs is 1. The zero-order valence-corrected chi connectivity index (χ0v) is 11.2. The van der Waals surface area contributed by atoms with Gasteiger partial charge in [0, 0.05) is 18.9 Å². The van der Waals surface area contributed by atoms with E-state index in [0.29, 0.717) is 12.8 Å². The summed E-state index contributed by atoms with van der Waals surface area (Å²) in [4.78, 5) is 24.7. The van der Waals surface area contributed by atoms with Gasteiger partial charge in [-0.15, -0.1) is 0 Å². The number of piperidine rings is 1. The predicted molar refractivity (Wildman–Crippen MR) is 74.0 cm³/mol. The summed E-state index contributed by atoms with van der Waals surface area (Å²) >= 11 is 1.34. The monoisotopic (exact) mass is 275 g/mol. The van der Waals surface area contributed by atoms with Crippen LogP contribution in [0.15, 0.2) is 24.3 Å². The van der Waals surface area contributed by atoms with Crippen molar-refractivity contribution < 1.29 is 9.59 Å². The van der Waals surface area contributed by atoms with Gasteiger partial charge in [-0.25, -0.2) is 0 Å². The summed E-state index contributed by atoms with van der Waals surface area (Å²) in [5.74, 6) is -0.286. The first-order chi connectivity index (χ1) is 9.16. The number of nitrogens with zero attached hydrogens (tertiary/aromatic N) is 2. The zero-order chi connectivity index (χ0) is 13.4. The van der Waals surface area contributed by atoms with Gasteiger partial charge in [0.05, 0.1) is 5.52 Å². The second kappa shape index (κ2) is 4.62. The molecule has 2 heterocycles. The predicted octanol–water partition coefficient (Wildman–Crippen LogP) is 1.86. The van der Waals surface area contributed by atoms with Crippen molar-refractivity contribution in [2.75, 3.05) is 12.4 Å². The third kappa shape index (κ3) is 2.08. The first-order valence-corrected chi connectivity index (χ1v) is 6.85. The number of anilines is 1. The topological polar surface area (TPSA) is 62.3 Å². The van der Waals surface area contributed by atoms with E-state index < -0.39 is 0 Å². The summed E-state index contributed by atoms with van der Waals surface area (Å²) in [6.07, 6.45) is 0.935. The number of rotatable bonds is 2. The van der Waals surface area contributed by atoms with E-state index in [-0.39, 0.29) is 17.9 Å². The minimum atomic E-state index is -0.341. The molecule has 0 saturated carbocycles. The molecule has 0 aliphatic carbocycles. The van der Waals surface area contributed by atoms with Crippen LogP contribution in [0.3, 0.4) is 0 Å². The molecule has 2 amide bonds. The summed E-state index contributed by atoms with van der Waals surface area (Å²) in [7, 11) is 1.53. The van der Waals surface area contributed by atoms with Gasteiger partial charge >= 0.3 is 0 Å². The van der Waals surface area contributed by atoms with Crippen LogP contribution in [0.5, 0.6) is 0 Å². The number of carbonyl (C=O) groups is 2. The first kappa shape index (κ1) is 12.1. The standard InChI is InChI=1S/C13H13N3O2S/c1-16-11(17)7-6-10(13(16)18)14-12-8-4-2-3-5-9(8)15-19-12/h2-5,10,14H,6-7H2,1H3. The van der Waals surface area contributed by atoms with Crippen molar-refractivity contribution in [3.8, 4) is 0 Å². The summed E-state index contributed by atoms with van der Waals surface area (Å²) in [5.41, 5.74) is 0.919. The fourth-order valence-corrected chi connectivity index (χ4v) is 3.02. The third-order valence-electron chi connectivity index (χ3n) is 3.34. The van der Waals surface area contributed by atoms with Crippen molar-refractivity contribution in [1.82, 2.24) is 9.27 Å². The van der Waals surface area contributed by atoms with E-state index in [2.05, 4.69) is 9.69 Å².